The fourth-order valence-corrected chi connectivity index (χ4v) is 8.60. The summed E-state index contributed by atoms with van der Waals surface area (Å²) in [6.45, 7) is 6.57. The third-order valence-electron chi connectivity index (χ3n) is 12.9. The van der Waals surface area contributed by atoms with Gasteiger partial charge in [0.2, 0.25) is 0 Å². The van der Waals surface area contributed by atoms with Gasteiger partial charge < -0.3 is 14.2 Å². The van der Waals surface area contributed by atoms with Crippen molar-refractivity contribution in [2.24, 2.45) is 0 Å². The summed E-state index contributed by atoms with van der Waals surface area (Å²) in [5.74, 6) is -0.875. The van der Waals surface area contributed by atoms with Gasteiger partial charge in [0.05, 0.1) is 0 Å². The average Bonchev–Trinajstić information content (AvgIpc) is 3.30. The van der Waals surface area contributed by atoms with Gasteiger partial charge in [-0.15, -0.1) is 0 Å². The van der Waals surface area contributed by atoms with Crippen molar-refractivity contribution in [2.75, 3.05) is 13.2 Å². The molecule has 0 aliphatic heterocycles. The number of allylic oxidation sites excluding steroid dienone is 4. The monoisotopic (exact) mass is 915 g/mol. The van der Waals surface area contributed by atoms with Crippen molar-refractivity contribution >= 4 is 17.9 Å². The molecular weight excluding hydrogens is 805 g/mol. The molecule has 0 aromatic carbocycles. The van der Waals surface area contributed by atoms with Crippen LogP contribution in [0.1, 0.15) is 316 Å². The van der Waals surface area contributed by atoms with Crippen molar-refractivity contribution in [2.45, 2.75) is 322 Å². The number of unbranched alkanes of at least 4 members (excludes halogenated alkanes) is 38. The molecule has 6 heteroatoms. The van der Waals surface area contributed by atoms with Crippen LogP contribution < -0.4 is 0 Å². The van der Waals surface area contributed by atoms with Gasteiger partial charge in [0.1, 0.15) is 13.2 Å². The predicted octanol–water partition coefficient (Wildman–Crippen LogP) is 19.1. The summed E-state index contributed by atoms with van der Waals surface area (Å²) in [5, 5.41) is 0. The third kappa shape index (κ3) is 52.7. The average molecular weight is 916 g/mol. The third-order valence-corrected chi connectivity index (χ3v) is 12.9. The lowest BCUT2D eigenvalue weighted by Crippen LogP contribution is -2.30. The maximum atomic E-state index is 12.8. The van der Waals surface area contributed by atoms with Crippen LogP contribution in [0.5, 0.6) is 0 Å². The summed E-state index contributed by atoms with van der Waals surface area (Å²) < 4.78 is 16.8. The standard InChI is InChI=1S/C59H110O6/c1-4-7-10-13-16-19-21-23-24-25-26-27-28-29-30-31-32-33-34-35-37-38-40-43-46-49-52-58(61)64-55-56(54-63-57(60)51-48-45-42-18-15-12-9-6-3)65-59(62)53-50-47-44-41-39-36-22-20-17-14-11-8-5-2/h11,14,20,22,56H,4-10,12-13,15-19,21,23-55H2,1-3H3/b14-11-,22-20-. The smallest absolute Gasteiger partial charge is 0.306 e. The molecule has 1 atom stereocenters. The molecule has 0 spiro atoms. The highest BCUT2D eigenvalue weighted by Crippen LogP contribution is 2.17. The SMILES string of the molecule is CCC/C=C\C/C=C\CCCCCCCC(=O)OC(COC(=O)CCCCCCCCCC)COC(=O)CCCCCCCCCCCCCCCCCCCCCCCCCCCC. The van der Waals surface area contributed by atoms with Crippen LogP contribution >= 0.6 is 0 Å². The minimum absolute atomic E-state index is 0.0724. The molecule has 0 saturated carbocycles. The maximum Gasteiger partial charge on any atom is 0.306 e. The number of rotatable bonds is 53. The minimum atomic E-state index is -0.772. The van der Waals surface area contributed by atoms with E-state index in [-0.39, 0.29) is 31.1 Å². The van der Waals surface area contributed by atoms with Crippen LogP contribution in [0.25, 0.3) is 0 Å². The van der Waals surface area contributed by atoms with Crippen LogP contribution in [0.4, 0.5) is 0 Å². The summed E-state index contributed by atoms with van der Waals surface area (Å²) in [7, 11) is 0. The van der Waals surface area contributed by atoms with E-state index >= 15 is 0 Å². The summed E-state index contributed by atoms with van der Waals surface area (Å²) >= 11 is 0. The Morgan fingerprint density at radius 3 is 0.908 bits per heavy atom. The Balaban J connectivity index is 4.07. The van der Waals surface area contributed by atoms with Crippen LogP contribution in [0.3, 0.4) is 0 Å². The number of carbonyl (C=O) groups excluding carboxylic acids is 3. The first-order chi connectivity index (χ1) is 32.0. The Morgan fingerprint density at radius 1 is 0.308 bits per heavy atom. The molecule has 382 valence electrons. The number of hydrogen-bond donors (Lipinski definition) is 0. The molecule has 0 heterocycles. The normalized spacial score (nSPS) is 12.1. The van der Waals surface area contributed by atoms with Crippen molar-refractivity contribution in [3.8, 4) is 0 Å². The zero-order valence-electron chi connectivity index (χ0n) is 43.8. The number of esters is 3. The molecule has 6 nitrogen and oxygen atoms in total. The number of hydrogen-bond acceptors (Lipinski definition) is 6. The van der Waals surface area contributed by atoms with Crippen molar-refractivity contribution in [1.29, 1.82) is 0 Å². The topological polar surface area (TPSA) is 78.9 Å². The molecular formula is C59H110O6. The van der Waals surface area contributed by atoms with Gasteiger partial charge in [-0.3, -0.25) is 14.4 Å². The van der Waals surface area contributed by atoms with Crippen LogP contribution in [0.15, 0.2) is 24.3 Å². The van der Waals surface area contributed by atoms with Crippen molar-refractivity contribution in [1.82, 2.24) is 0 Å². The Labute approximate surface area is 404 Å². The van der Waals surface area contributed by atoms with Crippen molar-refractivity contribution in [3.05, 3.63) is 24.3 Å². The molecule has 0 fully saturated rings. The molecule has 0 amide bonds. The lowest BCUT2D eigenvalue weighted by Gasteiger charge is -2.18. The number of carbonyl (C=O) groups is 3. The highest BCUT2D eigenvalue weighted by molar-refractivity contribution is 5.71. The van der Waals surface area contributed by atoms with E-state index in [1.54, 1.807) is 0 Å². The molecule has 0 N–H and O–H groups in total. The summed E-state index contributed by atoms with van der Waals surface area (Å²) in [5.41, 5.74) is 0. The molecule has 0 aliphatic carbocycles. The van der Waals surface area contributed by atoms with Crippen LogP contribution in [0, 0.1) is 0 Å². The first-order valence-corrected chi connectivity index (χ1v) is 28.8. The van der Waals surface area contributed by atoms with E-state index in [1.165, 1.54) is 186 Å². The Bertz CT molecular complexity index is 1050. The van der Waals surface area contributed by atoms with E-state index in [1.807, 2.05) is 0 Å². The second kappa shape index (κ2) is 54.5. The van der Waals surface area contributed by atoms with E-state index in [9.17, 15) is 14.4 Å². The molecule has 0 aromatic heterocycles. The van der Waals surface area contributed by atoms with Gasteiger partial charge in [0.15, 0.2) is 6.10 Å². The molecule has 0 aliphatic rings. The Morgan fingerprint density at radius 2 is 0.585 bits per heavy atom. The molecule has 0 rings (SSSR count). The second-order valence-electron chi connectivity index (χ2n) is 19.6. The first-order valence-electron chi connectivity index (χ1n) is 28.8. The van der Waals surface area contributed by atoms with Crippen LogP contribution in [-0.2, 0) is 28.6 Å². The van der Waals surface area contributed by atoms with E-state index < -0.39 is 6.10 Å². The van der Waals surface area contributed by atoms with Gasteiger partial charge in [-0.05, 0) is 44.9 Å². The van der Waals surface area contributed by atoms with E-state index in [4.69, 9.17) is 14.2 Å². The van der Waals surface area contributed by atoms with Crippen LogP contribution in [0.2, 0.25) is 0 Å². The second-order valence-corrected chi connectivity index (χ2v) is 19.6. The Hall–Kier alpha value is -2.11. The minimum Gasteiger partial charge on any atom is -0.462 e. The zero-order valence-corrected chi connectivity index (χ0v) is 43.8. The quantitative estimate of drug-likeness (QED) is 0.0262. The molecule has 0 radical (unpaired) electrons. The fraction of sp³-hybridized carbons (Fsp3) is 0.881. The zero-order chi connectivity index (χ0) is 47.2. The number of ether oxygens (including phenoxy) is 3. The largest absolute Gasteiger partial charge is 0.462 e. The molecule has 0 saturated heterocycles. The Kier molecular flexibility index (Phi) is 52.7. The molecule has 0 bridgehead atoms. The summed E-state index contributed by atoms with van der Waals surface area (Å²) in [4.78, 5) is 37.9. The lowest BCUT2D eigenvalue weighted by atomic mass is 10.0. The first kappa shape index (κ1) is 62.9. The van der Waals surface area contributed by atoms with E-state index in [0.717, 1.165) is 89.9 Å². The lowest BCUT2D eigenvalue weighted by molar-refractivity contribution is -0.167. The van der Waals surface area contributed by atoms with Gasteiger partial charge in [0.25, 0.3) is 0 Å². The highest BCUT2D eigenvalue weighted by atomic mass is 16.6. The highest BCUT2D eigenvalue weighted by Gasteiger charge is 2.19. The molecule has 65 heavy (non-hydrogen) atoms. The summed E-state index contributed by atoms with van der Waals surface area (Å²) in [6, 6.07) is 0. The van der Waals surface area contributed by atoms with Gasteiger partial charge in [0, 0.05) is 19.3 Å². The molecule has 1 unspecified atom stereocenters. The van der Waals surface area contributed by atoms with Crippen molar-refractivity contribution in [3.63, 3.8) is 0 Å². The predicted molar refractivity (Wildman–Crippen MR) is 279 cm³/mol. The maximum absolute atomic E-state index is 12.8. The van der Waals surface area contributed by atoms with E-state index in [0.29, 0.717) is 19.3 Å². The van der Waals surface area contributed by atoms with Gasteiger partial charge in [-0.2, -0.15) is 0 Å². The van der Waals surface area contributed by atoms with Gasteiger partial charge in [-0.25, -0.2) is 0 Å². The van der Waals surface area contributed by atoms with Gasteiger partial charge >= 0.3 is 17.9 Å². The fourth-order valence-electron chi connectivity index (χ4n) is 8.60. The van der Waals surface area contributed by atoms with Gasteiger partial charge in [-0.1, -0.05) is 276 Å². The summed E-state index contributed by atoms with van der Waals surface area (Å²) in [6.07, 6.45) is 63.5. The van der Waals surface area contributed by atoms with Crippen molar-refractivity contribution < 1.29 is 28.6 Å². The molecule has 0 aromatic rings. The van der Waals surface area contributed by atoms with E-state index in [2.05, 4.69) is 45.1 Å². The van der Waals surface area contributed by atoms with Crippen LogP contribution in [-0.4, -0.2) is 37.2 Å².